The Morgan fingerprint density at radius 1 is 1.42 bits per heavy atom. The van der Waals surface area contributed by atoms with Crippen molar-refractivity contribution in [2.24, 2.45) is 0 Å². The van der Waals surface area contributed by atoms with E-state index in [0.717, 1.165) is 6.42 Å². The molecule has 0 saturated heterocycles. The number of carboxylic acid groups (broad SMARTS) is 1. The summed E-state index contributed by atoms with van der Waals surface area (Å²) in [5.74, 6) is -0.588. The van der Waals surface area contributed by atoms with Crippen LogP contribution in [-0.4, -0.2) is 54.5 Å². The van der Waals surface area contributed by atoms with Crippen molar-refractivity contribution in [2.45, 2.75) is 13.3 Å². The SMILES string of the molecule is COCCOCCCNc1ncc(C(=O)O)c(C)n1. The van der Waals surface area contributed by atoms with Crippen molar-refractivity contribution in [3.8, 4) is 0 Å². The smallest absolute Gasteiger partial charge is 0.339 e. The lowest BCUT2D eigenvalue weighted by Crippen LogP contribution is -2.11. The van der Waals surface area contributed by atoms with Gasteiger partial charge in [0.1, 0.15) is 0 Å². The number of carbonyl (C=O) groups is 1. The Kier molecular flexibility index (Phi) is 6.76. The van der Waals surface area contributed by atoms with Crippen molar-refractivity contribution in [2.75, 3.05) is 38.8 Å². The first-order chi connectivity index (χ1) is 9.15. The zero-order valence-electron chi connectivity index (χ0n) is 11.2. The Morgan fingerprint density at radius 2 is 2.21 bits per heavy atom. The molecular weight excluding hydrogens is 250 g/mol. The highest BCUT2D eigenvalue weighted by Gasteiger charge is 2.09. The molecule has 1 heterocycles. The molecule has 0 spiro atoms. The first kappa shape index (κ1) is 15.3. The molecule has 0 amide bonds. The molecule has 0 aliphatic carbocycles. The maximum Gasteiger partial charge on any atom is 0.339 e. The molecule has 0 atom stereocenters. The molecule has 0 saturated carbocycles. The highest BCUT2D eigenvalue weighted by atomic mass is 16.5. The number of aromatic nitrogens is 2. The molecule has 0 aromatic carbocycles. The minimum absolute atomic E-state index is 0.119. The van der Waals surface area contributed by atoms with E-state index in [9.17, 15) is 4.79 Å². The molecule has 1 aromatic heterocycles. The Balaban J connectivity index is 2.26. The van der Waals surface area contributed by atoms with Gasteiger partial charge in [0, 0.05) is 26.5 Å². The second-order valence-electron chi connectivity index (χ2n) is 3.88. The van der Waals surface area contributed by atoms with Crippen molar-refractivity contribution in [3.63, 3.8) is 0 Å². The number of nitrogens with zero attached hydrogens (tertiary/aromatic N) is 2. The van der Waals surface area contributed by atoms with E-state index < -0.39 is 5.97 Å². The van der Waals surface area contributed by atoms with Gasteiger partial charge in [0.25, 0.3) is 0 Å². The first-order valence-corrected chi connectivity index (χ1v) is 6.02. The van der Waals surface area contributed by atoms with Gasteiger partial charge in [0.05, 0.1) is 24.5 Å². The highest BCUT2D eigenvalue weighted by molar-refractivity contribution is 5.88. The number of aromatic carboxylic acids is 1. The van der Waals surface area contributed by atoms with Crippen LogP contribution in [0.5, 0.6) is 0 Å². The van der Waals surface area contributed by atoms with Crippen molar-refractivity contribution >= 4 is 11.9 Å². The molecule has 0 fully saturated rings. The second kappa shape index (κ2) is 8.39. The number of methoxy groups -OCH3 is 1. The summed E-state index contributed by atoms with van der Waals surface area (Å²) in [7, 11) is 1.63. The molecule has 7 nitrogen and oxygen atoms in total. The topological polar surface area (TPSA) is 93.6 Å². The molecule has 0 bridgehead atoms. The van der Waals surface area contributed by atoms with Gasteiger partial charge in [-0.3, -0.25) is 0 Å². The molecule has 2 N–H and O–H groups in total. The number of carboxylic acids is 1. The van der Waals surface area contributed by atoms with Gasteiger partial charge in [-0.25, -0.2) is 14.8 Å². The lowest BCUT2D eigenvalue weighted by molar-refractivity contribution is 0.0695. The predicted octanol–water partition coefficient (Wildman–Crippen LogP) is 0.948. The van der Waals surface area contributed by atoms with Crippen molar-refractivity contribution in [1.29, 1.82) is 0 Å². The van der Waals surface area contributed by atoms with Crippen molar-refractivity contribution in [3.05, 3.63) is 17.5 Å². The normalized spacial score (nSPS) is 10.4. The van der Waals surface area contributed by atoms with Crippen LogP contribution in [0.15, 0.2) is 6.20 Å². The van der Waals surface area contributed by atoms with Gasteiger partial charge in [-0.15, -0.1) is 0 Å². The fourth-order valence-electron chi connectivity index (χ4n) is 1.38. The van der Waals surface area contributed by atoms with Crippen LogP contribution in [0.3, 0.4) is 0 Å². The number of hydrogen-bond donors (Lipinski definition) is 2. The zero-order chi connectivity index (χ0) is 14.1. The maximum absolute atomic E-state index is 10.8. The average molecular weight is 269 g/mol. The Hall–Kier alpha value is -1.73. The summed E-state index contributed by atoms with van der Waals surface area (Å²) in [6.07, 6.45) is 2.12. The third kappa shape index (κ3) is 5.62. The molecule has 1 rings (SSSR count). The summed E-state index contributed by atoms with van der Waals surface area (Å²) in [6, 6.07) is 0. The lowest BCUT2D eigenvalue weighted by Gasteiger charge is -2.07. The van der Waals surface area contributed by atoms with Crippen LogP contribution in [0, 0.1) is 6.92 Å². The fourth-order valence-corrected chi connectivity index (χ4v) is 1.38. The van der Waals surface area contributed by atoms with Crippen LogP contribution in [0.25, 0.3) is 0 Å². The van der Waals surface area contributed by atoms with Gasteiger partial charge in [-0.2, -0.15) is 0 Å². The number of aryl methyl sites for hydroxylation is 1. The molecule has 7 heteroatoms. The average Bonchev–Trinajstić information content (AvgIpc) is 2.37. The molecule has 0 aliphatic heterocycles. The number of anilines is 1. The Morgan fingerprint density at radius 3 is 2.84 bits per heavy atom. The third-order valence-corrected chi connectivity index (χ3v) is 2.39. The van der Waals surface area contributed by atoms with Crippen LogP contribution >= 0.6 is 0 Å². The van der Waals surface area contributed by atoms with E-state index in [1.165, 1.54) is 6.20 Å². The molecular formula is C12H19N3O4. The van der Waals surface area contributed by atoms with Gasteiger partial charge in [-0.1, -0.05) is 0 Å². The van der Waals surface area contributed by atoms with E-state index in [1.807, 2.05) is 0 Å². The van der Waals surface area contributed by atoms with E-state index in [1.54, 1.807) is 14.0 Å². The Bertz CT molecular complexity index is 412. The number of rotatable bonds is 9. The largest absolute Gasteiger partial charge is 0.478 e. The van der Waals surface area contributed by atoms with E-state index in [0.29, 0.717) is 38.0 Å². The zero-order valence-corrected chi connectivity index (χ0v) is 11.2. The summed E-state index contributed by atoms with van der Waals surface area (Å²) in [5.41, 5.74) is 0.565. The third-order valence-electron chi connectivity index (χ3n) is 2.39. The predicted molar refractivity (Wildman–Crippen MR) is 69.5 cm³/mol. The van der Waals surface area contributed by atoms with Gasteiger partial charge < -0.3 is 19.9 Å². The summed E-state index contributed by atoms with van der Waals surface area (Å²) in [5, 5.41) is 11.9. The molecule has 0 aliphatic rings. The molecule has 106 valence electrons. The summed E-state index contributed by atoms with van der Waals surface area (Å²) >= 11 is 0. The minimum Gasteiger partial charge on any atom is -0.478 e. The van der Waals surface area contributed by atoms with Crippen LogP contribution in [0.1, 0.15) is 22.5 Å². The lowest BCUT2D eigenvalue weighted by atomic mass is 10.2. The molecule has 0 unspecified atom stereocenters. The second-order valence-corrected chi connectivity index (χ2v) is 3.88. The maximum atomic E-state index is 10.8. The number of hydrogen-bond acceptors (Lipinski definition) is 6. The van der Waals surface area contributed by atoms with Crippen LogP contribution < -0.4 is 5.32 Å². The van der Waals surface area contributed by atoms with Crippen molar-refractivity contribution in [1.82, 2.24) is 9.97 Å². The standard InChI is InChI=1S/C12H19N3O4/c1-9-10(11(16)17)8-14-12(15-9)13-4-3-5-19-7-6-18-2/h8H,3-7H2,1-2H3,(H,16,17)(H,13,14,15). The summed E-state index contributed by atoms with van der Waals surface area (Å²) in [4.78, 5) is 18.8. The van der Waals surface area contributed by atoms with E-state index in [4.69, 9.17) is 14.6 Å². The monoisotopic (exact) mass is 269 g/mol. The van der Waals surface area contributed by atoms with E-state index in [-0.39, 0.29) is 5.56 Å². The van der Waals surface area contributed by atoms with Crippen LogP contribution in [0.4, 0.5) is 5.95 Å². The van der Waals surface area contributed by atoms with Crippen molar-refractivity contribution < 1.29 is 19.4 Å². The van der Waals surface area contributed by atoms with Gasteiger partial charge in [0.2, 0.25) is 5.95 Å². The van der Waals surface area contributed by atoms with Gasteiger partial charge >= 0.3 is 5.97 Å². The van der Waals surface area contributed by atoms with Gasteiger partial charge in [0.15, 0.2) is 0 Å². The molecule has 0 radical (unpaired) electrons. The first-order valence-electron chi connectivity index (χ1n) is 6.02. The minimum atomic E-state index is -1.02. The fraction of sp³-hybridized carbons (Fsp3) is 0.583. The summed E-state index contributed by atoms with van der Waals surface area (Å²) in [6.45, 7) is 4.11. The van der Waals surface area contributed by atoms with Crippen LogP contribution in [-0.2, 0) is 9.47 Å². The number of ether oxygens (including phenoxy) is 2. The highest BCUT2D eigenvalue weighted by Crippen LogP contribution is 2.06. The van der Waals surface area contributed by atoms with E-state index in [2.05, 4.69) is 15.3 Å². The Labute approximate surface area is 112 Å². The molecule has 19 heavy (non-hydrogen) atoms. The molecule has 1 aromatic rings. The number of nitrogens with one attached hydrogen (secondary N) is 1. The van der Waals surface area contributed by atoms with E-state index >= 15 is 0 Å². The summed E-state index contributed by atoms with van der Waals surface area (Å²) < 4.78 is 10.2. The quantitative estimate of drug-likeness (QED) is 0.644. The van der Waals surface area contributed by atoms with Gasteiger partial charge in [-0.05, 0) is 13.3 Å². The van der Waals surface area contributed by atoms with Crippen LogP contribution in [0.2, 0.25) is 0 Å².